The maximum atomic E-state index is 10.5. The molecule has 0 spiro atoms. The fourth-order valence-electron chi connectivity index (χ4n) is 1.13. The molecule has 0 aliphatic rings. The monoisotopic (exact) mass is 208 g/mol. The number of hydrogen-bond donors (Lipinski definition) is 1. The van der Waals surface area contributed by atoms with Crippen LogP contribution in [0, 0.1) is 6.92 Å². The van der Waals surface area contributed by atoms with Crippen LogP contribution in [-0.4, -0.2) is 30.8 Å². The second kappa shape index (κ2) is 3.52. The summed E-state index contributed by atoms with van der Waals surface area (Å²) in [5, 5.41) is 12.1. The zero-order chi connectivity index (χ0) is 10.8. The Morgan fingerprint density at radius 1 is 1.67 bits per heavy atom. The van der Waals surface area contributed by atoms with Crippen molar-refractivity contribution in [3.8, 4) is 0 Å². The highest BCUT2D eigenvalue weighted by atomic mass is 16.5. The molecule has 0 aliphatic carbocycles. The smallest absolute Gasteiger partial charge is 0.394 e. The van der Waals surface area contributed by atoms with E-state index in [1.165, 1.54) is 0 Å². The van der Waals surface area contributed by atoms with Gasteiger partial charge in [-0.25, -0.2) is 9.78 Å². The van der Waals surface area contributed by atoms with Crippen LogP contribution in [0.4, 0.5) is 0 Å². The van der Waals surface area contributed by atoms with Gasteiger partial charge >= 0.3 is 11.9 Å². The van der Waals surface area contributed by atoms with E-state index in [0.717, 1.165) is 5.82 Å². The fraction of sp³-hybridized carbons (Fsp3) is 0.250. The van der Waals surface area contributed by atoms with Crippen LogP contribution in [0.25, 0.3) is 0 Å². The van der Waals surface area contributed by atoms with E-state index in [1.807, 2.05) is 6.92 Å². The molecule has 1 N–H and O–H groups in total. The zero-order valence-electron chi connectivity index (χ0n) is 7.91. The van der Waals surface area contributed by atoms with Gasteiger partial charge in [-0.3, -0.25) is 0 Å². The zero-order valence-corrected chi connectivity index (χ0v) is 7.91. The lowest BCUT2D eigenvalue weighted by Crippen LogP contribution is -2.03. The lowest BCUT2D eigenvalue weighted by Gasteiger charge is -1.98. The molecule has 0 atom stereocenters. The standard InChI is InChI=1S/C8H8N4O3/c1-5-9-2-3-12(5)4-6-10-7(8(13)14)15-11-6/h2-3H,4H2,1H3,(H,13,14). The molecule has 0 radical (unpaired) electrons. The third-order valence-electron chi connectivity index (χ3n) is 1.89. The summed E-state index contributed by atoms with van der Waals surface area (Å²) in [5.74, 6) is -0.510. The van der Waals surface area contributed by atoms with Crippen molar-refractivity contribution in [2.75, 3.05) is 0 Å². The van der Waals surface area contributed by atoms with Crippen LogP contribution >= 0.6 is 0 Å². The first-order valence-corrected chi connectivity index (χ1v) is 4.20. The molecular formula is C8H8N4O3. The van der Waals surface area contributed by atoms with E-state index >= 15 is 0 Å². The van der Waals surface area contributed by atoms with E-state index < -0.39 is 11.9 Å². The Hall–Kier alpha value is -2.18. The third-order valence-corrected chi connectivity index (χ3v) is 1.89. The molecular weight excluding hydrogens is 200 g/mol. The predicted molar refractivity (Wildman–Crippen MR) is 47.3 cm³/mol. The van der Waals surface area contributed by atoms with Crippen molar-refractivity contribution in [2.24, 2.45) is 0 Å². The van der Waals surface area contributed by atoms with Gasteiger partial charge in [0.05, 0.1) is 6.54 Å². The highest BCUT2D eigenvalue weighted by Gasteiger charge is 2.13. The van der Waals surface area contributed by atoms with Crippen LogP contribution in [0.2, 0.25) is 0 Å². The molecule has 0 aromatic carbocycles. The third kappa shape index (κ3) is 1.85. The van der Waals surface area contributed by atoms with Crippen LogP contribution in [-0.2, 0) is 6.54 Å². The summed E-state index contributed by atoms with van der Waals surface area (Å²) in [6.07, 6.45) is 3.40. The first-order chi connectivity index (χ1) is 7.16. The number of aromatic nitrogens is 4. The van der Waals surface area contributed by atoms with Crippen molar-refractivity contribution >= 4 is 5.97 Å². The second-order valence-corrected chi connectivity index (χ2v) is 2.92. The van der Waals surface area contributed by atoms with Gasteiger partial charge in [0.1, 0.15) is 5.82 Å². The number of rotatable bonds is 3. The second-order valence-electron chi connectivity index (χ2n) is 2.92. The molecule has 0 fully saturated rings. The van der Waals surface area contributed by atoms with Gasteiger partial charge in [0, 0.05) is 12.4 Å². The van der Waals surface area contributed by atoms with E-state index in [-0.39, 0.29) is 0 Å². The Morgan fingerprint density at radius 2 is 2.47 bits per heavy atom. The van der Waals surface area contributed by atoms with Gasteiger partial charge in [0.2, 0.25) is 0 Å². The van der Waals surface area contributed by atoms with Crippen LogP contribution in [0.15, 0.2) is 16.9 Å². The summed E-state index contributed by atoms with van der Waals surface area (Å²) >= 11 is 0. The Bertz CT molecular complexity index is 488. The lowest BCUT2D eigenvalue weighted by molar-refractivity contribution is 0.0643. The van der Waals surface area contributed by atoms with Gasteiger partial charge < -0.3 is 14.2 Å². The summed E-state index contributed by atoms with van der Waals surface area (Å²) < 4.78 is 6.31. The molecule has 2 heterocycles. The average molecular weight is 208 g/mol. The Balaban J connectivity index is 2.18. The van der Waals surface area contributed by atoms with Gasteiger partial charge in [-0.2, -0.15) is 4.98 Å². The molecule has 2 rings (SSSR count). The Morgan fingerprint density at radius 3 is 3.00 bits per heavy atom. The van der Waals surface area contributed by atoms with Crippen LogP contribution in [0.3, 0.4) is 0 Å². The summed E-state index contributed by atoms with van der Waals surface area (Å²) in [6, 6.07) is 0. The number of imidazole rings is 1. The molecule has 7 nitrogen and oxygen atoms in total. The summed E-state index contributed by atoms with van der Waals surface area (Å²) in [7, 11) is 0. The van der Waals surface area contributed by atoms with Gasteiger partial charge in [-0.05, 0) is 6.92 Å². The van der Waals surface area contributed by atoms with Gasteiger partial charge in [0.25, 0.3) is 0 Å². The maximum absolute atomic E-state index is 10.5. The number of hydrogen-bond acceptors (Lipinski definition) is 5. The Kier molecular flexibility index (Phi) is 2.20. The largest absolute Gasteiger partial charge is 0.474 e. The molecule has 15 heavy (non-hydrogen) atoms. The Labute approximate surface area is 84.4 Å². The lowest BCUT2D eigenvalue weighted by atomic mass is 10.5. The number of carbonyl (C=O) groups is 1. The molecule has 7 heteroatoms. The van der Waals surface area contributed by atoms with Gasteiger partial charge in [-0.15, -0.1) is 0 Å². The minimum atomic E-state index is -1.23. The molecule has 0 saturated heterocycles. The fourth-order valence-corrected chi connectivity index (χ4v) is 1.13. The van der Waals surface area contributed by atoms with Crippen LogP contribution in [0.5, 0.6) is 0 Å². The molecule has 0 amide bonds. The summed E-state index contributed by atoms with van der Waals surface area (Å²) in [5.41, 5.74) is 0. The van der Waals surface area contributed by atoms with Crippen LogP contribution in [0.1, 0.15) is 22.3 Å². The van der Waals surface area contributed by atoms with Crippen molar-refractivity contribution < 1.29 is 14.4 Å². The van der Waals surface area contributed by atoms with Crippen molar-refractivity contribution in [2.45, 2.75) is 13.5 Å². The van der Waals surface area contributed by atoms with E-state index in [2.05, 4.69) is 19.6 Å². The van der Waals surface area contributed by atoms with E-state index in [1.54, 1.807) is 17.0 Å². The first-order valence-electron chi connectivity index (χ1n) is 4.20. The molecule has 0 aliphatic heterocycles. The minimum absolute atomic E-state index is 0.313. The highest BCUT2D eigenvalue weighted by molar-refractivity contribution is 5.81. The first kappa shape index (κ1) is 9.38. The van der Waals surface area contributed by atoms with Crippen molar-refractivity contribution in [3.05, 3.63) is 29.9 Å². The predicted octanol–water partition coefficient (Wildman–Crippen LogP) is 0.321. The van der Waals surface area contributed by atoms with Crippen LogP contribution < -0.4 is 0 Å². The molecule has 78 valence electrons. The number of aryl methyl sites for hydroxylation is 1. The summed E-state index contributed by atoms with van der Waals surface area (Å²) in [4.78, 5) is 18.2. The topological polar surface area (TPSA) is 94.0 Å². The van der Waals surface area contributed by atoms with E-state index in [9.17, 15) is 4.79 Å². The minimum Gasteiger partial charge on any atom is -0.474 e. The molecule has 2 aromatic rings. The van der Waals surface area contributed by atoms with E-state index in [0.29, 0.717) is 12.4 Å². The van der Waals surface area contributed by atoms with Crippen molar-refractivity contribution in [1.82, 2.24) is 19.7 Å². The normalized spacial score (nSPS) is 10.5. The molecule has 0 bridgehead atoms. The summed E-state index contributed by atoms with van der Waals surface area (Å²) in [6.45, 7) is 2.18. The number of aromatic carboxylic acids is 1. The van der Waals surface area contributed by atoms with Gasteiger partial charge in [0.15, 0.2) is 5.82 Å². The van der Waals surface area contributed by atoms with Gasteiger partial charge in [-0.1, -0.05) is 5.16 Å². The maximum Gasteiger partial charge on any atom is 0.394 e. The SMILES string of the molecule is Cc1nccn1Cc1noc(C(=O)O)n1. The average Bonchev–Trinajstić information content (AvgIpc) is 2.77. The number of carboxylic acids is 1. The quantitative estimate of drug-likeness (QED) is 0.780. The number of nitrogens with zero attached hydrogens (tertiary/aromatic N) is 4. The molecule has 0 saturated carbocycles. The number of carboxylic acid groups (broad SMARTS) is 1. The molecule has 2 aromatic heterocycles. The highest BCUT2D eigenvalue weighted by Crippen LogP contribution is 2.02. The van der Waals surface area contributed by atoms with E-state index in [4.69, 9.17) is 5.11 Å². The van der Waals surface area contributed by atoms with Crippen molar-refractivity contribution in [3.63, 3.8) is 0 Å². The van der Waals surface area contributed by atoms with Crippen molar-refractivity contribution in [1.29, 1.82) is 0 Å². The molecule has 0 unspecified atom stereocenters.